The molecule has 0 saturated carbocycles. The van der Waals surface area contributed by atoms with Gasteiger partial charge in [0.25, 0.3) is 0 Å². The molecule has 1 aromatic heterocycles. The van der Waals surface area contributed by atoms with Crippen molar-refractivity contribution in [2.45, 2.75) is 24.8 Å². The van der Waals surface area contributed by atoms with Crippen molar-refractivity contribution in [2.75, 3.05) is 18.8 Å². The Kier molecular flexibility index (Phi) is 4.17. The van der Waals surface area contributed by atoms with Crippen LogP contribution in [-0.4, -0.2) is 39.6 Å². The molecule has 0 aromatic carbocycles. The lowest BCUT2D eigenvalue weighted by molar-refractivity contribution is -0.127. The molecule has 1 amide bonds. The SMILES string of the molecule is Cc1cc(SCC(=O)N2CCCC2)nc(=S)[nH]1. The van der Waals surface area contributed by atoms with Crippen LogP contribution in [0.15, 0.2) is 11.1 Å². The second-order valence-electron chi connectivity index (χ2n) is 4.08. The number of amides is 1. The molecule has 4 nitrogen and oxygen atoms in total. The highest BCUT2D eigenvalue weighted by Crippen LogP contribution is 2.17. The minimum absolute atomic E-state index is 0.200. The summed E-state index contributed by atoms with van der Waals surface area (Å²) in [5, 5.41) is 0.818. The highest BCUT2D eigenvalue weighted by Gasteiger charge is 2.17. The Morgan fingerprint density at radius 3 is 2.94 bits per heavy atom. The van der Waals surface area contributed by atoms with Gasteiger partial charge in [0.1, 0.15) is 5.03 Å². The van der Waals surface area contributed by atoms with Gasteiger partial charge in [-0.2, -0.15) is 0 Å². The minimum Gasteiger partial charge on any atom is -0.342 e. The summed E-state index contributed by atoms with van der Waals surface area (Å²) >= 11 is 6.45. The fourth-order valence-corrected chi connectivity index (χ4v) is 3.00. The number of hydrogen-bond acceptors (Lipinski definition) is 4. The standard InChI is InChI=1S/C11H15N3OS2/c1-8-6-9(13-11(16)12-8)17-7-10(15)14-4-2-3-5-14/h6H,2-5,7H2,1H3,(H,12,13,16). The van der Waals surface area contributed by atoms with Crippen molar-refractivity contribution in [3.63, 3.8) is 0 Å². The third kappa shape index (κ3) is 3.54. The summed E-state index contributed by atoms with van der Waals surface area (Å²) < 4.78 is 0.473. The molecule has 0 radical (unpaired) electrons. The first-order valence-corrected chi connectivity index (χ1v) is 7.03. The maximum absolute atomic E-state index is 11.8. The molecular weight excluding hydrogens is 254 g/mol. The van der Waals surface area contributed by atoms with Crippen molar-refractivity contribution >= 4 is 29.9 Å². The van der Waals surface area contributed by atoms with Crippen LogP contribution in [0.3, 0.4) is 0 Å². The maximum Gasteiger partial charge on any atom is 0.232 e. The fraction of sp³-hybridized carbons (Fsp3) is 0.545. The second kappa shape index (κ2) is 5.64. The maximum atomic E-state index is 11.8. The van der Waals surface area contributed by atoms with Crippen molar-refractivity contribution in [3.05, 3.63) is 16.5 Å². The summed E-state index contributed by atoms with van der Waals surface area (Å²) in [6.45, 7) is 3.74. The summed E-state index contributed by atoms with van der Waals surface area (Å²) in [6, 6.07) is 1.91. The van der Waals surface area contributed by atoms with Crippen molar-refractivity contribution in [3.8, 4) is 0 Å². The van der Waals surface area contributed by atoms with Gasteiger partial charge in [-0.25, -0.2) is 4.98 Å². The molecule has 0 spiro atoms. The number of rotatable bonds is 3. The lowest BCUT2D eigenvalue weighted by Crippen LogP contribution is -2.29. The van der Waals surface area contributed by atoms with E-state index in [2.05, 4.69) is 9.97 Å². The third-order valence-corrected chi connectivity index (χ3v) is 3.75. The molecule has 1 aliphatic rings. The van der Waals surface area contributed by atoms with E-state index in [-0.39, 0.29) is 5.91 Å². The molecule has 0 unspecified atom stereocenters. The van der Waals surface area contributed by atoms with E-state index in [1.54, 1.807) is 0 Å². The number of nitrogens with zero attached hydrogens (tertiary/aromatic N) is 2. The molecule has 2 heterocycles. The average Bonchev–Trinajstić information content (AvgIpc) is 2.78. The van der Waals surface area contributed by atoms with Crippen LogP contribution >= 0.6 is 24.0 Å². The second-order valence-corrected chi connectivity index (χ2v) is 5.47. The van der Waals surface area contributed by atoms with E-state index in [4.69, 9.17) is 12.2 Å². The first kappa shape index (κ1) is 12.6. The summed E-state index contributed by atoms with van der Waals surface area (Å²) in [7, 11) is 0. The van der Waals surface area contributed by atoms with Crippen LogP contribution in [-0.2, 0) is 4.79 Å². The number of H-pyrrole nitrogens is 1. The number of carbonyl (C=O) groups excluding carboxylic acids is 1. The monoisotopic (exact) mass is 269 g/mol. The summed E-state index contributed by atoms with van der Waals surface area (Å²) in [5.74, 6) is 0.649. The van der Waals surface area contributed by atoms with Crippen molar-refractivity contribution in [1.82, 2.24) is 14.9 Å². The first-order chi connectivity index (χ1) is 8.15. The Bertz CT molecular complexity index is 466. The third-order valence-electron chi connectivity index (χ3n) is 2.66. The van der Waals surface area contributed by atoms with E-state index in [0.717, 1.165) is 36.7 Å². The zero-order valence-electron chi connectivity index (χ0n) is 9.73. The molecule has 92 valence electrons. The van der Waals surface area contributed by atoms with Gasteiger partial charge in [-0.05, 0) is 38.0 Å². The number of nitrogens with one attached hydrogen (secondary N) is 1. The van der Waals surface area contributed by atoms with Gasteiger partial charge in [0, 0.05) is 18.8 Å². The fourth-order valence-electron chi connectivity index (χ4n) is 1.82. The molecule has 17 heavy (non-hydrogen) atoms. The molecule has 1 saturated heterocycles. The zero-order valence-corrected chi connectivity index (χ0v) is 11.4. The van der Waals surface area contributed by atoms with Crippen LogP contribution < -0.4 is 0 Å². The van der Waals surface area contributed by atoms with Gasteiger partial charge in [-0.15, -0.1) is 0 Å². The van der Waals surface area contributed by atoms with Gasteiger partial charge >= 0.3 is 0 Å². The lowest BCUT2D eigenvalue weighted by Gasteiger charge is -2.14. The number of thioether (sulfide) groups is 1. The predicted molar refractivity (Wildman–Crippen MR) is 70.7 cm³/mol. The normalized spacial score (nSPS) is 15.2. The molecule has 1 N–H and O–H groups in total. The van der Waals surface area contributed by atoms with Crippen LogP contribution in [0.2, 0.25) is 0 Å². The van der Waals surface area contributed by atoms with Crippen LogP contribution in [0, 0.1) is 11.7 Å². The van der Waals surface area contributed by atoms with E-state index in [1.807, 2.05) is 17.9 Å². The van der Waals surface area contributed by atoms with Gasteiger partial charge in [-0.1, -0.05) is 11.8 Å². The molecule has 1 aromatic rings. The highest BCUT2D eigenvalue weighted by molar-refractivity contribution is 7.99. The van der Waals surface area contributed by atoms with Gasteiger partial charge in [0.15, 0.2) is 4.77 Å². The van der Waals surface area contributed by atoms with Crippen LogP contribution in [0.25, 0.3) is 0 Å². The van der Waals surface area contributed by atoms with E-state index >= 15 is 0 Å². The quantitative estimate of drug-likeness (QED) is 0.519. The topological polar surface area (TPSA) is 49.0 Å². The largest absolute Gasteiger partial charge is 0.342 e. The minimum atomic E-state index is 0.200. The molecular formula is C11H15N3OS2. The number of carbonyl (C=O) groups is 1. The lowest BCUT2D eigenvalue weighted by atomic mass is 10.4. The molecule has 2 rings (SSSR count). The van der Waals surface area contributed by atoms with Crippen molar-refractivity contribution < 1.29 is 4.79 Å². The first-order valence-electron chi connectivity index (χ1n) is 5.64. The van der Waals surface area contributed by atoms with Crippen molar-refractivity contribution in [1.29, 1.82) is 0 Å². The van der Waals surface area contributed by atoms with Gasteiger partial charge in [0.05, 0.1) is 5.75 Å². The Balaban J connectivity index is 1.92. The smallest absolute Gasteiger partial charge is 0.232 e. The zero-order chi connectivity index (χ0) is 12.3. The molecule has 1 fully saturated rings. The molecule has 1 aliphatic heterocycles. The Morgan fingerprint density at radius 1 is 1.59 bits per heavy atom. The van der Waals surface area contributed by atoms with Gasteiger partial charge < -0.3 is 9.88 Å². The average molecular weight is 269 g/mol. The van der Waals surface area contributed by atoms with E-state index in [0.29, 0.717) is 10.5 Å². The molecule has 0 atom stereocenters. The Labute approximate surface area is 110 Å². The van der Waals surface area contributed by atoms with E-state index < -0.39 is 0 Å². The predicted octanol–water partition coefficient (Wildman–Crippen LogP) is 2.16. The van der Waals surface area contributed by atoms with E-state index in [9.17, 15) is 4.79 Å². The van der Waals surface area contributed by atoms with E-state index in [1.165, 1.54) is 11.8 Å². The molecule has 6 heteroatoms. The Morgan fingerprint density at radius 2 is 2.29 bits per heavy atom. The Hall–Kier alpha value is -0.880. The van der Waals surface area contributed by atoms with Gasteiger partial charge in [-0.3, -0.25) is 4.79 Å². The number of aromatic nitrogens is 2. The van der Waals surface area contributed by atoms with Crippen LogP contribution in [0.4, 0.5) is 0 Å². The summed E-state index contributed by atoms with van der Waals surface area (Å²) in [6.07, 6.45) is 2.26. The number of aryl methyl sites for hydroxylation is 1. The van der Waals surface area contributed by atoms with Gasteiger partial charge in [0.2, 0.25) is 5.91 Å². The number of aromatic amines is 1. The summed E-state index contributed by atoms with van der Waals surface area (Å²) in [4.78, 5) is 20.9. The number of hydrogen-bond donors (Lipinski definition) is 1. The molecule has 0 bridgehead atoms. The number of likely N-dealkylation sites (tertiary alicyclic amines) is 1. The highest BCUT2D eigenvalue weighted by atomic mass is 32.2. The van der Waals surface area contributed by atoms with Crippen LogP contribution in [0.5, 0.6) is 0 Å². The van der Waals surface area contributed by atoms with Crippen LogP contribution in [0.1, 0.15) is 18.5 Å². The van der Waals surface area contributed by atoms with Crippen molar-refractivity contribution in [2.24, 2.45) is 0 Å². The molecule has 0 aliphatic carbocycles. The summed E-state index contributed by atoms with van der Waals surface area (Å²) in [5.41, 5.74) is 0.973.